The summed E-state index contributed by atoms with van der Waals surface area (Å²) in [6.45, 7) is 12.0. The number of nitrogens with one attached hydrogen (secondary N) is 1. The lowest BCUT2D eigenvalue weighted by Gasteiger charge is -2.33. The first kappa shape index (κ1) is 14.0. The molecule has 0 aromatic rings. The molecular formula is C12H22N2O. The highest BCUT2D eigenvalue weighted by atomic mass is 16.2. The van der Waals surface area contributed by atoms with E-state index < -0.39 is 5.92 Å². The Bertz CT molecular complexity index is 268. The third kappa shape index (κ3) is 6.11. The molecule has 0 rings (SSSR count). The second-order valence-electron chi connectivity index (χ2n) is 5.96. The predicted octanol–water partition coefficient (Wildman–Crippen LogP) is 2.48. The molecule has 0 radical (unpaired) electrons. The van der Waals surface area contributed by atoms with Gasteiger partial charge in [-0.15, -0.1) is 0 Å². The van der Waals surface area contributed by atoms with Crippen LogP contribution in [-0.2, 0) is 4.79 Å². The van der Waals surface area contributed by atoms with Crippen molar-refractivity contribution >= 4 is 5.91 Å². The first-order valence-corrected chi connectivity index (χ1v) is 5.29. The Kier molecular flexibility index (Phi) is 4.33. The second kappa shape index (κ2) is 4.65. The van der Waals surface area contributed by atoms with E-state index in [-0.39, 0.29) is 16.9 Å². The van der Waals surface area contributed by atoms with Crippen LogP contribution < -0.4 is 5.32 Å². The fourth-order valence-electron chi connectivity index (χ4n) is 1.87. The molecule has 0 bridgehead atoms. The van der Waals surface area contributed by atoms with Gasteiger partial charge in [-0.2, -0.15) is 5.26 Å². The van der Waals surface area contributed by atoms with E-state index in [0.29, 0.717) is 0 Å². The highest BCUT2D eigenvalue weighted by Crippen LogP contribution is 2.26. The van der Waals surface area contributed by atoms with Crippen LogP contribution in [0, 0.1) is 22.7 Å². The highest BCUT2D eigenvalue weighted by molar-refractivity contribution is 5.81. The Morgan fingerprint density at radius 3 is 2.13 bits per heavy atom. The Labute approximate surface area is 92.9 Å². The van der Waals surface area contributed by atoms with Gasteiger partial charge in [0.25, 0.3) is 0 Å². The van der Waals surface area contributed by atoms with E-state index in [9.17, 15) is 4.79 Å². The maximum absolute atomic E-state index is 11.5. The van der Waals surface area contributed by atoms with Crippen LogP contribution in [-0.4, -0.2) is 11.4 Å². The Hall–Kier alpha value is -1.04. The van der Waals surface area contributed by atoms with Crippen LogP contribution in [0.15, 0.2) is 0 Å². The SMILES string of the molecule is CC(C#N)C(=O)NC(C)(C)CC(C)(C)C. The largest absolute Gasteiger partial charge is 0.350 e. The van der Waals surface area contributed by atoms with Gasteiger partial charge in [0.1, 0.15) is 5.92 Å². The molecule has 0 aliphatic rings. The van der Waals surface area contributed by atoms with Crippen molar-refractivity contribution in [2.75, 3.05) is 0 Å². The maximum Gasteiger partial charge on any atom is 0.237 e. The van der Waals surface area contributed by atoms with Crippen molar-refractivity contribution in [3.63, 3.8) is 0 Å². The van der Waals surface area contributed by atoms with Crippen molar-refractivity contribution in [2.24, 2.45) is 11.3 Å². The molecule has 1 atom stereocenters. The minimum absolute atomic E-state index is 0.159. The van der Waals surface area contributed by atoms with Gasteiger partial charge in [0, 0.05) is 5.54 Å². The standard InChI is InChI=1S/C12H22N2O/c1-9(7-13)10(15)14-12(5,6)8-11(2,3)4/h9H,8H2,1-6H3,(H,14,15). The zero-order chi connectivity index (χ0) is 12.3. The van der Waals surface area contributed by atoms with Crippen molar-refractivity contribution in [1.29, 1.82) is 5.26 Å². The number of rotatable bonds is 3. The summed E-state index contributed by atoms with van der Waals surface area (Å²) in [6.07, 6.45) is 0.879. The first-order chi connectivity index (χ1) is 6.57. The molecule has 1 N–H and O–H groups in total. The first-order valence-electron chi connectivity index (χ1n) is 5.29. The molecule has 0 saturated heterocycles. The zero-order valence-corrected chi connectivity index (χ0v) is 10.6. The van der Waals surface area contributed by atoms with Crippen LogP contribution in [0.25, 0.3) is 0 Å². The number of hydrogen-bond donors (Lipinski definition) is 1. The van der Waals surface area contributed by atoms with Gasteiger partial charge in [0.2, 0.25) is 5.91 Å². The second-order valence-corrected chi connectivity index (χ2v) is 5.96. The fourth-order valence-corrected chi connectivity index (χ4v) is 1.87. The minimum Gasteiger partial charge on any atom is -0.350 e. The van der Waals surface area contributed by atoms with Crippen LogP contribution in [0.4, 0.5) is 0 Å². The van der Waals surface area contributed by atoms with Crippen LogP contribution in [0.5, 0.6) is 0 Å². The van der Waals surface area contributed by atoms with Gasteiger partial charge in [0.15, 0.2) is 0 Å². The van der Waals surface area contributed by atoms with Crippen LogP contribution in [0.3, 0.4) is 0 Å². The van der Waals surface area contributed by atoms with Crippen molar-refractivity contribution in [2.45, 2.75) is 53.5 Å². The molecule has 3 heteroatoms. The van der Waals surface area contributed by atoms with Gasteiger partial charge in [0.05, 0.1) is 6.07 Å². The Balaban J connectivity index is 4.40. The lowest BCUT2D eigenvalue weighted by Crippen LogP contribution is -2.47. The summed E-state index contributed by atoms with van der Waals surface area (Å²) in [4.78, 5) is 11.5. The Morgan fingerprint density at radius 2 is 1.80 bits per heavy atom. The number of carbonyl (C=O) groups is 1. The summed E-state index contributed by atoms with van der Waals surface area (Å²) in [5.41, 5.74) is -0.104. The molecule has 0 aliphatic carbocycles. The molecule has 3 nitrogen and oxygen atoms in total. The number of amides is 1. The monoisotopic (exact) mass is 210 g/mol. The molecule has 15 heavy (non-hydrogen) atoms. The summed E-state index contributed by atoms with van der Waals surface area (Å²) >= 11 is 0. The molecule has 86 valence electrons. The summed E-state index contributed by atoms with van der Waals surface area (Å²) in [5, 5.41) is 11.5. The molecular weight excluding hydrogens is 188 g/mol. The van der Waals surface area contributed by atoms with Gasteiger partial charge in [-0.1, -0.05) is 20.8 Å². The van der Waals surface area contributed by atoms with E-state index >= 15 is 0 Å². The number of nitriles is 1. The molecule has 0 aromatic heterocycles. The molecule has 0 aromatic carbocycles. The summed E-state index contributed by atoms with van der Waals surface area (Å²) in [7, 11) is 0. The molecule has 1 amide bonds. The summed E-state index contributed by atoms with van der Waals surface area (Å²) in [5.74, 6) is -0.768. The predicted molar refractivity (Wildman–Crippen MR) is 61.1 cm³/mol. The molecule has 0 heterocycles. The lowest BCUT2D eigenvalue weighted by atomic mass is 9.81. The fraction of sp³-hybridized carbons (Fsp3) is 0.833. The summed E-state index contributed by atoms with van der Waals surface area (Å²) < 4.78 is 0. The van der Waals surface area contributed by atoms with E-state index in [0.717, 1.165) is 6.42 Å². The Morgan fingerprint density at radius 1 is 1.33 bits per heavy atom. The number of hydrogen-bond acceptors (Lipinski definition) is 2. The van der Waals surface area contributed by atoms with E-state index in [2.05, 4.69) is 26.1 Å². The lowest BCUT2D eigenvalue weighted by molar-refractivity contribution is -0.124. The van der Waals surface area contributed by atoms with Crippen molar-refractivity contribution in [1.82, 2.24) is 5.32 Å². The van der Waals surface area contributed by atoms with Gasteiger partial charge in [-0.25, -0.2) is 0 Å². The molecule has 0 fully saturated rings. The van der Waals surface area contributed by atoms with Gasteiger partial charge >= 0.3 is 0 Å². The zero-order valence-electron chi connectivity index (χ0n) is 10.6. The highest BCUT2D eigenvalue weighted by Gasteiger charge is 2.28. The van der Waals surface area contributed by atoms with Crippen molar-refractivity contribution in [3.8, 4) is 6.07 Å². The molecule has 0 aliphatic heterocycles. The molecule has 0 spiro atoms. The minimum atomic E-state index is -0.579. The van der Waals surface area contributed by atoms with E-state index in [1.807, 2.05) is 19.9 Å². The van der Waals surface area contributed by atoms with Crippen LogP contribution >= 0.6 is 0 Å². The van der Waals surface area contributed by atoms with Crippen LogP contribution in [0.1, 0.15) is 48.0 Å². The van der Waals surface area contributed by atoms with Crippen molar-refractivity contribution in [3.05, 3.63) is 0 Å². The third-order valence-corrected chi connectivity index (χ3v) is 2.02. The summed E-state index contributed by atoms with van der Waals surface area (Å²) in [6, 6.07) is 1.94. The number of nitrogens with zero attached hydrogens (tertiary/aromatic N) is 1. The van der Waals surface area contributed by atoms with Gasteiger partial charge in [-0.05, 0) is 32.6 Å². The van der Waals surface area contributed by atoms with E-state index in [4.69, 9.17) is 5.26 Å². The van der Waals surface area contributed by atoms with Crippen LogP contribution in [0.2, 0.25) is 0 Å². The smallest absolute Gasteiger partial charge is 0.237 e. The average Bonchev–Trinajstić information content (AvgIpc) is 1.96. The average molecular weight is 210 g/mol. The van der Waals surface area contributed by atoms with E-state index in [1.165, 1.54) is 0 Å². The maximum atomic E-state index is 11.5. The molecule has 0 saturated carbocycles. The molecule has 1 unspecified atom stereocenters. The quantitative estimate of drug-likeness (QED) is 0.778. The van der Waals surface area contributed by atoms with Gasteiger partial charge < -0.3 is 5.32 Å². The normalized spacial score (nSPS) is 14.2. The van der Waals surface area contributed by atoms with E-state index in [1.54, 1.807) is 6.92 Å². The van der Waals surface area contributed by atoms with Crippen molar-refractivity contribution < 1.29 is 4.79 Å². The third-order valence-electron chi connectivity index (χ3n) is 2.02. The topological polar surface area (TPSA) is 52.9 Å². The number of carbonyl (C=O) groups excluding carboxylic acids is 1. The van der Waals surface area contributed by atoms with Gasteiger partial charge in [-0.3, -0.25) is 4.79 Å².